The highest BCUT2D eigenvalue weighted by atomic mass is 79.9. The summed E-state index contributed by atoms with van der Waals surface area (Å²) in [5.74, 6) is 1.20. The van der Waals surface area contributed by atoms with Gasteiger partial charge in [-0.3, -0.25) is 5.10 Å². The van der Waals surface area contributed by atoms with Gasteiger partial charge in [-0.2, -0.15) is 5.10 Å². The molecule has 20 heavy (non-hydrogen) atoms. The first-order valence-corrected chi connectivity index (χ1v) is 6.71. The average molecular weight is 334 g/mol. The van der Waals surface area contributed by atoms with Crippen molar-refractivity contribution >= 4 is 21.7 Å². The molecule has 3 aromatic rings. The minimum absolute atomic E-state index is 0.432. The standard InChI is InChI=1S/C14H12BrN3O2/c1-19-9-4-2-3-8(7-9)11-12(17-18-14(11)16)10-5-6-20-13(10)15/h2-7H,1H3,(H3,16,17,18). The summed E-state index contributed by atoms with van der Waals surface area (Å²) >= 11 is 3.37. The van der Waals surface area contributed by atoms with E-state index in [4.69, 9.17) is 14.9 Å². The van der Waals surface area contributed by atoms with Crippen LogP contribution in [0.1, 0.15) is 0 Å². The topological polar surface area (TPSA) is 77.1 Å². The van der Waals surface area contributed by atoms with Crippen LogP contribution in [0.3, 0.4) is 0 Å². The first-order valence-electron chi connectivity index (χ1n) is 5.92. The maximum absolute atomic E-state index is 5.99. The molecule has 0 amide bonds. The molecular weight excluding hydrogens is 322 g/mol. The predicted octanol–water partition coefficient (Wildman–Crippen LogP) is 3.69. The number of halogens is 1. The van der Waals surface area contributed by atoms with Gasteiger partial charge >= 0.3 is 0 Å². The average Bonchev–Trinajstić information content (AvgIpc) is 3.04. The number of nitrogens with two attached hydrogens (primary N) is 1. The lowest BCUT2D eigenvalue weighted by Crippen LogP contribution is -1.90. The molecule has 0 fully saturated rings. The van der Waals surface area contributed by atoms with Crippen LogP contribution in [-0.4, -0.2) is 17.3 Å². The Labute approximate surface area is 123 Å². The second-order valence-electron chi connectivity index (χ2n) is 4.20. The second kappa shape index (κ2) is 5.05. The normalized spacial score (nSPS) is 10.7. The number of H-pyrrole nitrogens is 1. The highest BCUT2D eigenvalue weighted by Crippen LogP contribution is 2.39. The van der Waals surface area contributed by atoms with E-state index in [1.807, 2.05) is 30.3 Å². The summed E-state index contributed by atoms with van der Waals surface area (Å²) in [6.45, 7) is 0. The first-order chi connectivity index (χ1) is 9.70. The van der Waals surface area contributed by atoms with E-state index in [-0.39, 0.29) is 0 Å². The number of hydrogen-bond acceptors (Lipinski definition) is 4. The van der Waals surface area contributed by atoms with Crippen molar-refractivity contribution in [2.24, 2.45) is 0 Å². The van der Waals surface area contributed by atoms with Gasteiger partial charge < -0.3 is 14.9 Å². The van der Waals surface area contributed by atoms with Crippen molar-refractivity contribution in [2.75, 3.05) is 12.8 Å². The summed E-state index contributed by atoms with van der Waals surface area (Å²) in [6, 6.07) is 9.52. The van der Waals surface area contributed by atoms with Crippen LogP contribution in [0.25, 0.3) is 22.4 Å². The number of aromatic amines is 1. The summed E-state index contributed by atoms with van der Waals surface area (Å²) in [7, 11) is 1.63. The van der Waals surface area contributed by atoms with Crippen molar-refractivity contribution in [3.05, 3.63) is 41.3 Å². The lowest BCUT2D eigenvalue weighted by atomic mass is 10.0. The van der Waals surface area contributed by atoms with Crippen molar-refractivity contribution in [3.63, 3.8) is 0 Å². The molecule has 0 bridgehead atoms. The highest BCUT2D eigenvalue weighted by molar-refractivity contribution is 9.10. The van der Waals surface area contributed by atoms with E-state index in [1.165, 1.54) is 0 Å². The number of nitrogens with one attached hydrogen (secondary N) is 1. The number of methoxy groups -OCH3 is 1. The third kappa shape index (κ3) is 2.08. The van der Waals surface area contributed by atoms with Gasteiger partial charge in [0.2, 0.25) is 0 Å². The minimum atomic E-state index is 0.432. The molecule has 6 heteroatoms. The van der Waals surface area contributed by atoms with Crippen molar-refractivity contribution in [2.45, 2.75) is 0 Å². The van der Waals surface area contributed by atoms with E-state index < -0.39 is 0 Å². The Balaban J connectivity index is 2.19. The number of anilines is 1. The van der Waals surface area contributed by atoms with E-state index in [1.54, 1.807) is 13.4 Å². The number of aromatic nitrogens is 2. The number of nitrogens with zero attached hydrogens (tertiary/aromatic N) is 1. The summed E-state index contributed by atoms with van der Waals surface area (Å²) < 4.78 is 11.1. The zero-order chi connectivity index (χ0) is 14.1. The fourth-order valence-electron chi connectivity index (χ4n) is 2.09. The third-order valence-corrected chi connectivity index (χ3v) is 3.65. The number of furan rings is 1. The Morgan fingerprint density at radius 2 is 2.20 bits per heavy atom. The van der Waals surface area contributed by atoms with Gasteiger partial charge in [0.25, 0.3) is 0 Å². The lowest BCUT2D eigenvalue weighted by Gasteiger charge is -2.06. The Morgan fingerprint density at radius 1 is 1.35 bits per heavy atom. The molecule has 0 aliphatic heterocycles. The van der Waals surface area contributed by atoms with Crippen LogP contribution in [0.15, 0.2) is 45.7 Å². The summed E-state index contributed by atoms with van der Waals surface area (Å²) in [5, 5.41) is 7.04. The smallest absolute Gasteiger partial charge is 0.178 e. The molecule has 102 valence electrons. The van der Waals surface area contributed by atoms with Crippen molar-refractivity contribution < 1.29 is 9.15 Å². The van der Waals surface area contributed by atoms with Crippen LogP contribution in [-0.2, 0) is 0 Å². The number of nitrogen functional groups attached to an aromatic ring is 1. The monoisotopic (exact) mass is 333 g/mol. The number of rotatable bonds is 3. The van der Waals surface area contributed by atoms with Crippen LogP contribution in [0.2, 0.25) is 0 Å². The molecule has 0 aliphatic carbocycles. The first kappa shape index (κ1) is 12.8. The Morgan fingerprint density at radius 3 is 2.90 bits per heavy atom. The fourth-order valence-corrected chi connectivity index (χ4v) is 2.53. The van der Waals surface area contributed by atoms with Gasteiger partial charge in [0, 0.05) is 0 Å². The SMILES string of the molecule is COc1cccc(-c2c(N)n[nH]c2-c2ccoc2Br)c1. The molecule has 0 spiro atoms. The van der Waals surface area contributed by atoms with Crippen molar-refractivity contribution in [1.82, 2.24) is 10.2 Å². The zero-order valence-electron chi connectivity index (χ0n) is 10.7. The van der Waals surface area contributed by atoms with E-state index in [0.29, 0.717) is 10.5 Å². The third-order valence-electron chi connectivity index (χ3n) is 3.04. The summed E-state index contributed by atoms with van der Waals surface area (Å²) in [6.07, 6.45) is 1.60. The molecule has 0 atom stereocenters. The van der Waals surface area contributed by atoms with Gasteiger partial charge in [-0.15, -0.1) is 0 Å². The molecule has 5 nitrogen and oxygen atoms in total. The largest absolute Gasteiger partial charge is 0.497 e. The van der Waals surface area contributed by atoms with Crippen molar-refractivity contribution in [3.8, 4) is 28.1 Å². The molecule has 2 heterocycles. The fraction of sp³-hybridized carbons (Fsp3) is 0.0714. The number of ether oxygens (including phenoxy) is 1. The van der Waals surface area contributed by atoms with Crippen LogP contribution < -0.4 is 10.5 Å². The molecule has 2 aromatic heterocycles. The number of hydrogen-bond donors (Lipinski definition) is 2. The van der Waals surface area contributed by atoms with E-state index in [2.05, 4.69) is 26.1 Å². The van der Waals surface area contributed by atoms with Gasteiger partial charge in [-0.05, 0) is 39.7 Å². The van der Waals surface area contributed by atoms with Crippen LogP contribution in [0.5, 0.6) is 5.75 Å². The molecule has 0 unspecified atom stereocenters. The lowest BCUT2D eigenvalue weighted by molar-refractivity contribution is 0.415. The molecule has 3 N–H and O–H groups in total. The highest BCUT2D eigenvalue weighted by Gasteiger charge is 2.18. The Hall–Kier alpha value is -2.21. The van der Waals surface area contributed by atoms with E-state index >= 15 is 0 Å². The van der Waals surface area contributed by atoms with E-state index in [9.17, 15) is 0 Å². The van der Waals surface area contributed by atoms with Crippen LogP contribution in [0, 0.1) is 0 Å². The molecule has 0 saturated heterocycles. The number of benzene rings is 1. The minimum Gasteiger partial charge on any atom is -0.497 e. The summed E-state index contributed by atoms with van der Waals surface area (Å²) in [4.78, 5) is 0. The van der Waals surface area contributed by atoms with E-state index in [0.717, 1.165) is 28.1 Å². The van der Waals surface area contributed by atoms with Gasteiger partial charge in [-0.1, -0.05) is 12.1 Å². The quantitative estimate of drug-likeness (QED) is 0.766. The molecule has 0 radical (unpaired) electrons. The van der Waals surface area contributed by atoms with Crippen LogP contribution >= 0.6 is 15.9 Å². The van der Waals surface area contributed by atoms with Gasteiger partial charge in [0.05, 0.1) is 30.2 Å². The molecular formula is C14H12BrN3O2. The zero-order valence-corrected chi connectivity index (χ0v) is 12.3. The van der Waals surface area contributed by atoms with Gasteiger partial charge in [0.1, 0.15) is 5.75 Å². The maximum atomic E-state index is 5.99. The van der Waals surface area contributed by atoms with Gasteiger partial charge in [-0.25, -0.2) is 0 Å². The van der Waals surface area contributed by atoms with Crippen LogP contribution in [0.4, 0.5) is 5.82 Å². The van der Waals surface area contributed by atoms with Crippen molar-refractivity contribution in [1.29, 1.82) is 0 Å². The van der Waals surface area contributed by atoms with Gasteiger partial charge in [0.15, 0.2) is 10.5 Å². The predicted molar refractivity (Wildman–Crippen MR) is 80.4 cm³/mol. The molecule has 1 aromatic carbocycles. The maximum Gasteiger partial charge on any atom is 0.178 e. The molecule has 0 saturated carbocycles. The molecule has 3 rings (SSSR count). The Kier molecular flexibility index (Phi) is 3.23. The molecule has 0 aliphatic rings. The summed E-state index contributed by atoms with van der Waals surface area (Å²) in [5.41, 5.74) is 9.42. The second-order valence-corrected chi connectivity index (χ2v) is 4.92. The Bertz CT molecular complexity index is 748.